The average molecular weight is 242 g/mol. The van der Waals surface area contributed by atoms with Crippen LogP contribution in [-0.2, 0) is 4.74 Å². The molecule has 8 nitrogen and oxygen atoms in total. The molecule has 0 spiro atoms. The third-order valence-electron chi connectivity index (χ3n) is 2.56. The first kappa shape index (κ1) is 12.0. The standard InChI is InChI=1S/C9H12N3O5/c1-4-6(13)7(14)8(17-4)12-3-2-5(11-16)10-9(12)15/h2-4,6-8,13-14,16H,1H2,(H,10,11,15)/t4-,6-,7-,8-/m1/s1. The monoisotopic (exact) mass is 242 g/mol. The van der Waals surface area contributed by atoms with Crippen LogP contribution in [-0.4, -0.2) is 43.3 Å². The van der Waals surface area contributed by atoms with E-state index in [9.17, 15) is 15.0 Å². The largest absolute Gasteiger partial charge is 0.388 e. The van der Waals surface area contributed by atoms with E-state index in [1.54, 1.807) is 5.48 Å². The lowest BCUT2D eigenvalue weighted by Gasteiger charge is -2.16. The summed E-state index contributed by atoms with van der Waals surface area (Å²) in [7, 11) is 0. The molecule has 0 bridgehead atoms. The van der Waals surface area contributed by atoms with Gasteiger partial charge in [-0.15, -0.1) is 0 Å². The van der Waals surface area contributed by atoms with Crippen molar-refractivity contribution in [3.63, 3.8) is 0 Å². The fraction of sp³-hybridized carbons (Fsp3) is 0.444. The van der Waals surface area contributed by atoms with E-state index in [1.807, 2.05) is 0 Å². The highest BCUT2D eigenvalue weighted by atomic mass is 16.6. The number of nitrogens with zero attached hydrogens (tertiary/aromatic N) is 2. The Balaban J connectivity index is 2.32. The number of anilines is 1. The molecule has 93 valence electrons. The molecule has 17 heavy (non-hydrogen) atoms. The first-order chi connectivity index (χ1) is 8.04. The Labute approximate surface area is 96.1 Å². The minimum Gasteiger partial charge on any atom is -0.388 e. The smallest absolute Gasteiger partial charge is 0.351 e. The molecule has 0 aliphatic carbocycles. The number of nitrogens with one attached hydrogen (secondary N) is 1. The van der Waals surface area contributed by atoms with Gasteiger partial charge < -0.3 is 14.9 Å². The average Bonchev–Trinajstić information content (AvgIpc) is 2.57. The van der Waals surface area contributed by atoms with E-state index in [2.05, 4.69) is 11.9 Å². The maximum atomic E-state index is 11.6. The van der Waals surface area contributed by atoms with E-state index < -0.39 is 30.2 Å². The summed E-state index contributed by atoms with van der Waals surface area (Å²) in [6.45, 7) is 3.49. The lowest BCUT2D eigenvalue weighted by molar-refractivity contribution is -0.0300. The Bertz CT molecular complexity index is 462. The summed E-state index contributed by atoms with van der Waals surface area (Å²) in [6, 6.07) is 1.32. The number of hydrogen-bond donors (Lipinski definition) is 4. The van der Waals surface area contributed by atoms with Crippen molar-refractivity contribution < 1.29 is 20.2 Å². The number of rotatable bonds is 2. The van der Waals surface area contributed by atoms with E-state index in [4.69, 9.17) is 9.94 Å². The van der Waals surface area contributed by atoms with Gasteiger partial charge in [0.05, 0.1) is 6.10 Å². The molecule has 4 N–H and O–H groups in total. The fourth-order valence-electron chi connectivity index (χ4n) is 1.63. The molecule has 0 saturated carbocycles. The topological polar surface area (TPSA) is 117 Å². The molecule has 1 aromatic rings. The van der Waals surface area contributed by atoms with Gasteiger partial charge in [-0.05, 0) is 13.0 Å². The molecular formula is C9H12N3O5. The van der Waals surface area contributed by atoms with Gasteiger partial charge in [0.25, 0.3) is 0 Å². The van der Waals surface area contributed by atoms with Gasteiger partial charge in [-0.25, -0.2) is 4.79 Å². The van der Waals surface area contributed by atoms with Crippen molar-refractivity contribution in [1.29, 1.82) is 0 Å². The summed E-state index contributed by atoms with van der Waals surface area (Å²) in [6.07, 6.45) is -3.00. The second-order valence-corrected chi connectivity index (χ2v) is 3.66. The molecule has 0 unspecified atom stereocenters. The summed E-state index contributed by atoms with van der Waals surface area (Å²) < 4.78 is 6.17. The minimum absolute atomic E-state index is 0.0227. The van der Waals surface area contributed by atoms with Crippen LogP contribution in [0.5, 0.6) is 0 Å². The third kappa shape index (κ3) is 2.03. The predicted molar refractivity (Wildman–Crippen MR) is 55.2 cm³/mol. The Morgan fingerprint density at radius 1 is 1.47 bits per heavy atom. The first-order valence-electron chi connectivity index (χ1n) is 4.88. The summed E-state index contributed by atoms with van der Waals surface area (Å²) in [5.41, 5.74) is 0.997. The van der Waals surface area contributed by atoms with E-state index in [1.165, 1.54) is 12.3 Å². The molecule has 1 aliphatic heterocycles. The van der Waals surface area contributed by atoms with Crippen LogP contribution in [0.2, 0.25) is 0 Å². The third-order valence-corrected chi connectivity index (χ3v) is 2.56. The lowest BCUT2D eigenvalue weighted by atomic mass is 10.1. The first-order valence-corrected chi connectivity index (χ1v) is 4.88. The molecule has 1 saturated heterocycles. The van der Waals surface area contributed by atoms with Crippen molar-refractivity contribution in [3.05, 3.63) is 29.7 Å². The molecule has 0 aromatic carbocycles. The molecule has 0 amide bonds. The van der Waals surface area contributed by atoms with Crippen LogP contribution >= 0.6 is 0 Å². The van der Waals surface area contributed by atoms with Crippen LogP contribution in [0.4, 0.5) is 5.82 Å². The molecular weight excluding hydrogens is 230 g/mol. The van der Waals surface area contributed by atoms with Gasteiger partial charge in [-0.3, -0.25) is 15.3 Å². The summed E-state index contributed by atoms with van der Waals surface area (Å²) in [5, 5.41) is 27.7. The molecule has 1 aliphatic rings. The van der Waals surface area contributed by atoms with Gasteiger partial charge in [0, 0.05) is 6.20 Å². The van der Waals surface area contributed by atoms with Crippen molar-refractivity contribution in [3.8, 4) is 0 Å². The fourth-order valence-corrected chi connectivity index (χ4v) is 1.63. The van der Waals surface area contributed by atoms with E-state index in [0.29, 0.717) is 0 Å². The van der Waals surface area contributed by atoms with Gasteiger partial charge >= 0.3 is 5.69 Å². The van der Waals surface area contributed by atoms with Gasteiger partial charge in [0.2, 0.25) is 0 Å². The van der Waals surface area contributed by atoms with Crippen molar-refractivity contribution >= 4 is 5.82 Å². The Morgan fingerprint density at radius 2 is 2.18 bits per heavy atom. The van der Waals surface area contributed by atoms with Crippen molar-refractivity contribution in [2.75, 3.05) is 5.48 Å². The van der Waals surface area contributed by atoms with Crippen LogP contribution in [0, 0.1) is 6.92 Å². The second kappa shape index (κ2) is 4.41. The quantitative estimate of drug-likeness (QED) is 0.466. The zero-order chi connectivity index (χ0) is 12.6. The van der Waals surface area contributed by atoms with E-state index in [0.717, 1.165) is 4.57 Å². The summed E-state index contributed by atoms with van der Waals surface area (Å²) in [4.78, 5) is 15.0. The molecule has 4 atom stereocenters. The highest BCUT2D eigenvalue weighted by Gasteiger charge is 2.41. The minimum atomic E-state index is -1.26. The number of hydrogen-bond acceptors (Lipinski definition) is 7. The molecule has 2 heterocycles. The molecule has 1 radical (unpaired) electrons. The van der Waals surface area contributed by atoms with Crippen LogP contribution in [0.3, 0.4) is 0 Å². The Hall–Kier alpha value is -1.48. The number of aliphatic hydroxyl groups excluding tert-OH is 2. The summed E-state index contributed by atoms with van der Waals surface area (Å²) in [5.74, 6) is -0.0227. The van der Waals surface area contributed by atoms with Gasteiger partial charge in [0.15, 0.2) is 12.0 Å². The van der Waals surface area contributed by atoms with E-state index >= 15 is 0 Å². The number of ether oxygens (including phenoxy) is 1. The number of aromatic nitrogens is 2. The summed E-state index contributed by atoms with van der Waals surface area (Å²) >= 11 is 0. The zero-order valence-corrected chi connectivity index (χ0v) is 8.72. The maximum absolute atomic E-state index is 11.6. The van der Waals surface area contributed by atoms with Crippen LogP contribution < -0.4 is 11.2 Å². The molecule has 1 aromatic heterocycles. The highest BCUT2D eigenvalue weighted by molar-refractivity contribution is 5.28. The number of aliphatic hydroxyl groups is 2. The Kier molecular flexibility index (Phi) is 3.11. The molecule has 2 rings (SSSR count). The second-order valence-electron chi connectivity index (χ2n) is 3.66. The Morgan fingerprint density at radius 3 is 2.65 bits per heavy atom. The van der Waals surface area contributed by atoms with Crippen molar-refractivity contribution in [2.24, 2.45) is 0 Å². The lowest BCUT2D eigenvalue weighted by Crippen LogP contribution is -2.35. The maximum Gasteiger partial charge on any atom is 0.351 e. The van der Waals surface area contributed by atoms with Gasteiger partial charge in [-0.1, -0.05) is 0 Å². The van der Waals surface area contributed by atoms with Gasteiger partial charge in [0.1, 0.15) is 12.2 Å². The predicted octanol–water partition coefficient (Wildman–Crippen LogP) is -1.50. The van der Waals surface area contributed by atoms with Crippen LogP contribution in [0.25, 0.3) is 0 Å². The highest BCUT2D eigenvalue weighted by Crippen LogP contribution is 2.27. The van der Waals surface area contributed by atoms with Gasteiger partial charge in [-0.2, -0.15) is 4.98 Å². The molecule has 1 fully saturated rings. The normalized spacial score (nSPS) is 32.7. The van der Waals surface area contributed by atoms with Crippen molar-refractivity contribution in [2.45, 2.75) is 24.5 Å². The van der Waals surface area contributed by atoms with Crippen molar-refractivity contribution in [1.82, 2.24) is 9.55 Å². The van der Waals surface area contributed by atoms with E-state index in [-0.39, 0.29) is 5.82 Å². The zero-order valence-electron chi connectivity index (χ0n) is 8.72. The van der Waals surface area contributed by atoms with Crippen LogP contribution in [0.1, 0.15) is 6.23 Å². The molecule has 8 heteroatoms. The SMILES string of the molecule is [CH2][C@H]1O[C@@H](n2ccc(NO)nc2=O)[C@H](O)[C@@H]1O. The van der Waals surface area contributed by atoms with Crippen LogP contribution in [0.15, 0.2) is 17.1 Å².